The van der Waals surface area contributed by atoms with Crippen LogP contribution < -0.4 is 15.8 Å². The zero-order valence-corrected chi connectivity index (χ0v) is 33.1. The average molecular weight is 759 g/mol. The minimum Gasteiger partial charge on any atom is -0.454 e. The summed E-state index contributed by atoms with van der Waals surface area (Å²) >= 11 is 0. The number of anilines is 3. The fraction of sp³-hybridized carbons (Fsp3) is 0.0566. The molecule has 0 atom stereocenters. The van der Waals surface area contributed by atoms with Crippen LogP contribution in [0.3, 0.4) is 0 Å². The standard InChI is InChI=1S/C53H35BN2OS/c1-30-26-31(2)48(32(3)27-30)33-28-39-36-17-12-18-38-50(36)56(51-37-16-4-8-21-43(37)57-53(38)51)54-40-19-13-25-47-52(40)55(42(29-33)49(39)54)41-20-7-11-24-46(41)58(47)44-22-9-5-14-34(44)35-15-6-10-23-45(35)58/h4-29H,1-3H3. The lowest BCUT2D eigenvalue weighted by Crippen LogP contribution is -2.57. The molecule has 8 aromatic carbocycles. The van der Waals surface area contributed by atoms with Crippen LogP contribution in [0.15, 0.2) is 182 Å². The van der Waals surface area contributed by atoms with Crippen LogP contribution in [0.25, 0.3) is 66.4 Å². The van der Waals surface area contributed by atoms with Gasteiger partial charge in [0.15, 0.2) is 5.58 Å². The zero-order chi connectivity index (χ0) is 38.2. The summed E-state index contributed by atoms with van der Waals surface area (Å²) in [4.78, 5) is 8.35. The number of fused-ring (bicyclic) bond motifs is 18. The van der Waals surface area contributed by atoms with Gasteiger partial charge in [-0.15, -0.1) is 10.0 Å². The molecule has 4 aliphatic rings. The van der Waals surface area contributed by atoms with E-state index in [1.807, 2.05) is 0 Å². The Kier molecular flexibility index (Phi) is 5.75. The Balaban J connectivity index is 1.20. The highest BCUT2D eigenvalue weighted by Crippen LogP contribution is 2.84. The van der Waals surface area contributed by atoms with E-state index in [4.69, 9.17) is 4.42 Å². The molecule has 0 fully saturated rings. The third-order valence-corrected chi connectivity index (χ3v) is 17.6. The highest BCUT2D eigenvalue weighted by molar-refractivity contribution is 8.34. The molecule has 58 heavy (non-hydrogen) atoms. The van der Waals surface area contributed by atoms with Crippen molar-refractivity contribution in [2.24, 2.45) is 0 Å². The molecule has 0 saturated heterocycles. The first-order valence-electron chi connectivity index (χ1n) is 20.3. The van der Waals surface area contributed by atoms with Gasteiger partial charge in [-0.1, -0.05) is 103 Å². The zero-order valence-electron chi connectivity index (χ0n) is 32.3. The molecular formula is C53H35BN2OS. The van der Waals surface area contributed by atoms with Gasteiger partial charge in [-0.05, 0) is 131 Å². The molecule has 0 aliphatic carbocycles. The Morgan fingerprint density at radius 3 is 1.95 bits per heavy atom. The first-order chi connectivity index (χ1) is 28.5. The van der Waals surface area contributed by atoms with E-state index < -0.39 is 10.0 Å². The Hall–Kier alpha value is -6.69. The molecule has 0 N–H and O–H groups in total. The van der Waals surface area contributed by atoms with E-state index in [-0.39, 0.29) is 6.85 Å². The van der Waals surface area contributed by atoms with Crippen molar-refractivity contribution >= 4 is 77.8 Å². The largest absolute Gasteiger partial charge is 0.454 e. The lowest BCUT2D eigenvalue weighted by molar-refractivity contribution is 0.673. The second-order valence-corrected chi connectivity index (χ2v) is 19.6. The number of furan rings is 1. The molecule has 0 saturated carbocycles. The molecule has 0 bridgehead atoms. The molecule has 0 radical (unpaired) electrons. The van der Waals surface area contributed by atoms with Crippen molar-refractivity contribution in [3.05, 3.63) is 174 Å². The number of para-hydroxylation sites is 4. The lowest BCUT2D eigenvalue weighted by Gasteiger charge is -2.52. The molecule has 10 aromatic rings. The smallest absolute Gasteiger partial charge is 0.333 e. The summed E-state index contributed by atoms with van der Waals surface area (Å²) in [7, 11) is -1.87. The summed E-state index contributed by atoms with van der Waals surface area (Å²) in [5, 5.41) is 2.33. The van der Waals surface area contributed by atoms with Crippen LogP contribution in [0.2, 0.25) is 0 Å². The molecule has 14 rings (SSSR count). The monoisotopic (exact) mass is 758 g/mol. The molecular weight excluding hydrogens is 723 g/mol. The van der Waals surface area contributed by atoms with Crippen molar-refractivity contribution in [3.8, 4) is 33.4 Å². The molecule has 4 aliphatic heterocycles. The van der Waals surface area contributed by atoms with Gasteiger partial charge in [-0.3, -0.25) is 0 Å². The highest BCUT2D eigenvalue weighted by Gasteiger charge is 2.53. The van der Waals surface area contributed by atoms with Gasteiger partial charge in [0.2, 0.25) is 0 Å². The van der Waals surface area contributed by atoms with Gasteiger partial charge < -0.3 is 13.8 Å². The minimum absolute atomic E-state index is 0.0741. The van der Waals surface area contributed by atoms with E-state index in [1.165, 1.54) is 114 Å². The Morgan fingerprint density at radius 1 is 0.517 bits per heavy atom. The molecule has 272 valence electrons. The topological polar surface area (TPSA) is 21.3 Å². The van der Waals surface area contributed by atoms with Gasteiger partial charge in [0.05, 0.1) is 16.9 Å². The Morgan fingerprint density at radius 2 is 1.16 bits per heavy atom. The van der Waals surface area contributed by atoms with Gasteiger partial charge in [0, 0.05) is 47.1 Å². The van der Waals surface area contributed by atoms with Gasteiger partial charge >= 0.3 is 6.85 Å². The molecule has 2 aromatic heterocycles. The van der Waals surface area contributed by atoms with Crippen LogP contribution in [-0.2, 0) is 0 Å². The highest BCUT2D eigenvalue weighted by atomic mass is 32.3. The number of rotatable bonds is 1. The minimum atomic E-state index is -1.87. The fourth-order valence-corrected chi connectivity index (χ4v) is 16.2. The Bertz CT molecular complexity index is 3470. The number of benzene rings is 8. The van der Waals surface area contributed by atoms with Gasteiger partial charge in [-0.2, -0.15) is 0 Å². The summed E-state index contributed by atoms with van der Waals surface area (Å²) < 4.78 is 9.50. The van der Waals surface area contributed by atoms with Crippen LogP contribution >= 0.6 is 10.0 Å². The van der Waals surface area contributed by atoms with E-state index in [1.54, 1.807) is 0 Å². The summed E-state index contributed by atoms with van der Waals surface area (Å²) in [6, 6.07) is 60.1. The maximum atomic E-state index is 6.85. The SMILES string of the molecule is Cc1cc(C)c(-c2cc3c4c(c2)N2c5ccccc5S5(c6ccccc6-c6ccccc65)c5cccc(c52)B4n2c4c-3cccc4c3oc4ccccc4c32)c(C)c1. The predicted octanol–water partition coefficient (Wildman–Crippen LogP) is 13.2. The maximum Gasteiger partial charge on any atom is 0.333 e. The van der Waals surface area contributed by atoms with E-state index in [9.17, 15) is 0 Å². The lowest BCUT2D eigenvalue weighted by atomic mass is 9.45. The molecule has 0 unspecified atom stereocenters. The van der Waals surface area contributed by atoms with Gasteiger partial charge in [0.1, 0.15) is 5.58 Å². The summed E-state index contributed by atoms with van der Waals surface area (Å²) in [5.74, 6) is 0. The molecule has 0 amide bonds. The van der Waals surface area contributed by atoms with Crippen molar-refractivity contribution in [1.82, 2.24) is 4.48 Å². The third kappa shape index (κ3) is 3.50. The molecule has 5 heteroatoms. The summed E-state index contributed by atoms with van der Waals surface area (Å²) in [5.41, 5.74) is 22.6. The van der Waals surface area contributed by atoms with Crippen molar-refractivity contribution in [2.45, 2.75) is 40.4 Å². The van der Waals surface area contributed by atoms with Crippen LogP contribution in [0.1, 0.15) is 16.7 Å². The first kappa shape index (κ1) is 31.4. The summed E-state index contributed by atoms with van der Waals surface area (Å²) in [6.45, 7) is 6.69. The second-order valence-electron chi connectivity index (χ2n) is 16.6. The Labute approximate surface area is 338 Å². The first-order valence-corrected chi connectivity index (χ1v) is 21.9. The van der Waals surface area contributed by atoms with E-state index in [2.05, 4.69) is 188 Å². The third-order valence-electron chi connectivity index (χ3n) is 13.6. The quantitative estimate of drug-likeness (QED) is 0.156. The van der Waals surface area contributed by atoms with Crippen molar-refractivity contribution in [3.63, 3.8) is 0 Å². The number of hydrogen-bond acceptors (Lipinski definition) is 2. The van der Waals surface area contributed by atoms with Crippen LogP contribution in [0.5, 0.6) is 0 Å². The van der Waals surface area contributed by atoms with Crippen LogP contribution in [0.4, 0.5) is 17.1 Å². The number of hydrogen-bond donors (Lipinski definition) is 0. The maximum absolute atomic E-state index is 6.85. The average Bonchev–Trinajstić information content (AvgIpc) is 3.88. The van der Waals surface area contributed by atoms with Gasteiger partial charge in [0.25, 0.3) is 0 Å². The fourth-order valence-electron chi connectivity index (χ4n) is 11.7. The number of aryl methyl sites for hydroxylation is 3. The summed E-state index contributed by atoms with van der Waals surface area (Å²) in [6.07, 6.45) is 0. The van der Waals surface area contributed by atoms with E-state index in [0.717, 1.165) is 16.6 Å². The molecule has 6 heterocycles. The van der Waals surface area contributed by atoms with Crippen molar-refractivity contribution in [1.29, 1.82) is 0 Å². The normalized spacial score (nSPS) is 15.1. The van der Waals surface area contributed by atoms with E-state index >= 15 is 0 Å². The van der Waals surface area contributed by atoms with Crippen LogP contribution in [-0.4, -0.2) is 11.3 Å². The van der Waals surface area contributed by atoms with Crippen molar-refractivity contribution in [2.75, 3.05) is 4.90 Å². The van der Waals surface area contributed by atoms with Crippen molar-refractivity contribution < 1.29 is 4.42 Å². The van der Waals surface area contributed by atoms with Gasteiger partial charge in [-0.25, -0.2) is 0 Å². The predicted molar refractivity (Wildman–Crippen MR) is 242 cm³/mol. The molecule has 1 spiro atoms. The van der Waals surface area contributed by atoms with E-state index in [0.29, 0.717) is 0 Å². The van der Waals surface area contributed by atoms with Crippen LogP contribution in [0, 0.1) is 20.8 Å². The number of nitrogens with zero attached hydrogens (tertiary/aromatic N) is 2. The number of aromatic nitrogens is 1. The molecule has 3 nitrogen and oxygen atoms in total. The second kappa shape index (κ2) is 10.6.